The fourth-order valence-corrected chi connectivity index (χ4v) is 4.88. The Morgan fingerprint density at radius 3 is 2.52 bits per heavy atom. The first kappa shape index (κ1) is 28.8. The second-order valence-electron chi connectivity index (χ2n) is 9.93. The topological polar surface area (TPSA) is 116 Å². The molecule has 2 aliphatic heterocycles. The Kier molecular flexibility index (Phi) is 9.10. The summed E-state index contributed by atoms with van der Waals surface area (Å²) in [6.45, 7) is 2.85. The van der Waals surface area contributed by atoms with Gasteiger partial charge in [0.1, 0.15) is 12.3 Å². The number of hydrogen-bond donors (Lipinski definition) is 2. The van der Waals surface area contributed by atoms with Crippen LogP contribution in [0.15, 0.2) is 83.9 Å². The van der Waals surface area contributed by atoms with Gasteiger partial charge in [0.05, 0.1) is 31.7 Å². The van der Waals surface area contributed by atoms with Crippen LogP contribution in [0, 0.1) is 0 Å². The van der Waals surface area contributed by atoms with E-state index in [-0.39, 0.29) is 12.5 Å². The number of benzodiazepines with no additional fused rings is 1. The van der Waals surface area contributed by atoms with Crippen molar-refractivity contribution in [1.82, 2.24) is 10.2 Å². The van der Waals surface area contributed by atoms with Gasteiger partial charge in [0, 0.05) is 49.7 Å². The molecule has 0 saturated carbocycles. The molecular weight excluding hydrogens is 536 g/mol. The number of benzene rings is 3. The van der Waals surface area contributed by atoms with Crippen molar-refractivity contribution < 1.29 is 23.9 Å². The fourth-order valence-electron chi connectivity index (χ4n) is 4.88. The Bertz CT molecular complexity index is 1460. The van der Waals surface area contributed by atoms with Gasteiger partial charge >= 0.3 is 6.03 Å². The van der Waals surface area contributed by atoms with Crippen LogP contribution in [-0.2, 0) is 14.3 Å². The van der Waals surface area contributed by atoms with E-state index >= 15 is 0 Å². The van der Waals surface area contributed by atoms with Crippen LogP contribution in [-0.4, -0.2) is 88.2 Å². The maximum Gasteiger partial charge on any atom is 0.321 e. The first-order chi connectivity index (χ1) is 20.4. The lowest BCUT2D eigenvalue weighted by molar-refractivity contribution is -0.123. The molecular formula is C31H34N6O5. The lowest BCUT2D eigenvalue weighted by Crippen LogP contribution is -2.51. The summed E-state index contributed by atoms with van der Waals surface area (Å²) in [6, 6.07) is 22.9. The predicted octanol–water partition coefficient (Wildman–Crippen LogP) is 2.97. The Morgan fingerprint density at radius 2 is 1.76 bits per heavy atom. The van der Waals surface area contributed by atoms with E-state index in [0.29, 0.717) is 61.4 Å². The Morgan fingerprint density at radius 1 is 1.02 bits per heavy atom. The van der Waals surface area contributed by atoms with Crippen molar-refractivity contribution in [1.29, 1.82) is 0 Å². The normalized spacial score (nSPS) is 17.0. The van der Waals surface area contributed by atoms with E-state index in [2.05, 4.69) is 15.5 Å². The molecule has 0 spiro atoms. The Balaban J connectivity index is 1.45. The minimum atomic E-state index is -1.27. The van der Waals surface area contributed by atoms with Crippen molar-refractivity contribution in [2.75, 3.05) is 68.7 Å². The van der Waals surface area contributed by atoms with Gasteiger partial charge in [-0.25, -0.2) is 4.79 Å². The number of methoxy groups -OCH3 is 1. The molecule has 2 aliphatic rings. The van der Waals surface area contributed by atoms with E-state index in [1.165, 1.54) is 16.9 Å². The number of morpholine rings is 1. The van der Waals surface area contributed by atoms with Crippen LogP contribution in [0.4, 0.5) is 21.9 Å². The van der Waals surface area contributed by atoms with Crippen molar-refractivity contribution in [3.63, 3.8) is 0 Å². The molecule has 3 aromatic rings. The minimum absolute atomic E-state index is 0.239. The molecule has 5 rings (SSSR count). The van der Waals surface area contributed by atoms with Crippen LogP contribution >= 0.6 is 0 Å². The third-order valence-corrected chi connectivity index (χ3v) is 7.17. The number of likely N-dealkylation sites (N-methyl/N-ethyl adjacent to an activating group) is 1. The number of hydrogen-bond acceptors (Lipinski definition) is 7. The molecule has 2 N–H and O–H groups in total. The van der Waals surface area contributed by atoms with E-state index in [0.717, 1.165) is 5.56 Å². The van der Waals surface area contributed by atoms with Gasteiger partial charge < -0.3 is 25.0 Å². The van der Waals surface area contributed by atoms with Crippen LogP contribution < -0.4 is 25.2 Å². The zero-order valence-corrected chi connectivity index (χ0v) is 23.7. The standard InChI is InChI=1S/C31H34N6O5/c1-35(23-10-4-3-5-11-23)28(38)21-37-27-14-7-6-13-25(27)26(20-36-15-17-42-18-16-36)33-29(30(37)39)34-31(40)32-22-9-8-12-24(19-22)41-2/h3-14,19,29H,15-18,20-21H2,1-2H3,(H2,32,34,40). The highest BCUT2D eigenvalue weighted by molar-refractivity contribution is 6.16. The summed E-state index contributed by atoms with van der Waals surface area (Å²) in [5.74, 6) is -0.234. The second kappa shape index (κ2) is 13.3. The number of fused-ring (bicyclic) bond motifs is 1. The number of anilines is 3. The number of carbonyl (C=O) groups is 3. The SMILES string of the molecule is COc1cccc(NC(=O)NC2N=C(CN3CCOCC3)c3ccccc3N(CC(=O)N(C)c3ccccc3)C2=O)c1. The number of rotatable bonds is 8. The number of nitrogens with zero attached hydrogens (tertiary/aromatic N) is 4. The van der Waals surface area contributed by atoms with Crippen molar-refractivity contribution >= 4 is 40.6 Å². The number of carbonyl (C=O) groups excluding carboxylic acids is 3. The van der Waals surface area contributed by atoms with Gasteiger partial charge in [0.15, 0.2) is 0 Å². The molecule has 11 nitrogen and oxygen atoms in total. The van der Waals surface area contributed by atoms with Crippen LogP contribution in [0.25, 0.3) is 0 Å². The summed E-state index contributed by atoms with van der Waals surface area (Å²) < 4.78 is 10.7. The van der Waals surface area contributed by atoms with Gasteiger partial charge in [-0.05, 0) is 30.3 Å². The van der Waals surface area contributed by atoms with Gasteiger partial charge in [0.2, 0.25) is 12.1 Å². The summed E-state index contributed by atoms with van der Waals surface area (Å²) in [7, 11) is 3.21. The molecule has 11 heteroatoms. The van der Waals surface area contributed by atoms with Gasteiger partial charge in [-0.2, -0.15) is 0 Å². The lowest BCUT2D eigenvalue weighted by Gasteiger charge is -2.28. The van der Waals surface area contributed by atoms with Gasteiger partial charge in [-0.15, -0.1) is 0 Å². The predicted molar refractivity (Wildman–Crippen MR) is 161 cm³/mol. The third-order valence-electron chi connectivity index (χ3n) is 7.17. The first-order valence-electron chi connectivity index (χ1n) is 13.7. The molecule has 42 heavy (non-hydrogen) atoms. The van der Waals surface area contributed by atoms with E-state index in [1.807, 2.05) is 48.5 Å². The van der Waals surface area contributed by atoms with Gasteiger partial charge in [0.25, 0.3) is 5.91 Å². The number of urea groups is 1. The van der Waals surface area contributed by atoms with Gasteiger partial charge in [-0.3, -0.25) is 24.4 Å². The molecule has 1 fully saturated rings. The number of para-hydroxylation sites is 2. The highest BCUT2D eigenvalue weighted by atomic mass is 16.5. The van der Waals surface area contributed by atoms with Crippen molar-refractivity contribution in [3.8, 4) is 5.75 Å². The number of nitrogens with one attached hydrogen (secondary N) is 2. The molecule has 0 aromatic heterocycles. The average molecular weight is 571 g/mol. The number of ether oxygens (including phenoxy) is 2. The molecule has 218 valence electrons. The van der Waals surface area contributed by atoms with Crippen molar-refractivity contribution in [2.24, 2.45) is 4.99 Å². The van der Waals surface area contributed by atoms with E-state index in [1.54, 1.807) is 37.4 Å². The van der Waals surface area contributed by atoms with E-state index in [9.17, 15) is 14.4 Å². The highest BCUT2D eigenvalue weighted by Gasteiger charge is 2.35. The summed E-state index contributed by atoms with van der Waals surface area (Å²) >= 11 is 0. The van der Waals surface area contributed by atoms with Gasteiger partial charge in [-0.1, -0.05) is 42.5 Å². The molecule has 1 saturated heterocycles. The van der Waals surface area contributed by atoms with Crippen LogP contribution in [0.1, 0.15) is 5.56 Å². The first-order valence-corrected chi connectivity index (χ1v) is 13.7. The minimum Gasteiger partial charge on any atom is -0.497 e. The lowest BCUT2D eigenvalue weighted by atomic mass is 10.1. The maximum atomic E-state index is 14.1. The zero-order chi connectivity index (χ0) is 29.5. The summed E-state index contributed by atoms with van der Waals surface area (Å²) in [5.41, 5.74) is 3.12. The number of amides is 4. The Labute approximate surface area is 244 Å². The van der Waals surface area contributed by atoms with E-state index in [4.69, 9.17) is 14.5 Å². The molecule has 4 amide bonds. The number of aliphatic imine (C=N–C) groups is 1. The zero-order valence-electron chi connectivity index (χ0n) is 23.7. The smallest absolute Gasteiger partial charge is 0.321 e. The van der Waals surface area contributed by atoms with E-state index < -0.39 is 18.1 Å². The molecule has 1 atom stereocenters. The molecule has 0 aliphatic carbocycles. The average Bonchev–Trinajstić information content (AvgIpc) is 3.12. The molecule has 3 aromatic carbocycles. The highest BCUT2D eigenvalue weighted by Crippen LogP contribution is 2.27. The third kappa shape index (κ3) is 6.76. The molecule has 0 radical (unpaired) electrons. The molecule has 0 bridgehead atoms. The monoisotopic (exact) mass is 570 g/mol. The van der Waals surface area contributed by atoms with Crippen LogP contribution in [0.5, 0.6) is 5.75 Å². The largest absolute Gasteiger partial charge is 0.497 e. The second-order valence-corrected chi connectivity index (χ2v) is 9.93. The maximum absolute atomic E-state index is 14.1. The summed E-state index contributed by atoms with van der Waals surface area (Å²) in [5, 5.41) is 5.47. The Hall–Kier alpha value is -4.74. The van der Waals surface area contributed by atoms with Crippen LogP contribution in [0.2, 0.25) is 0 Å². The van der Waals surface area contributed by atoms with Crippen molar-refractivity contribution in [2.45, 2.75) is 6.17 Å². The van der Waals surface area contributed by atoms with Crippen molar-refractivity contribution in [3.05, 3.63) is 84.4 Å². The quantitative estimate of drug-likeness (QED) is 0.430. The fraction of sp³-hybridized carbons (Fsp3) is 0.290. The molecule has 1 unspecified atom stereocenters. The van der Waals surface area contributed by atoms with Crippen LogP contribution in [0.3, 0.4) is 0 Å². The summed E-state index contributed by atoms with van der Waals surface area (Å²) in [6.07, 6.45) is -1.27. The molecule has 2 heterocycles. The summed E-state index contributed by atoms with van der Waals surface area (Å²) in [4.78, 5) is 50.6.